The Morgan fingerprint density at radius 1 is 1.18 bits per heavy atom. The molecule has 0 aliphatic carbocycles. The first-order valence-electron chi connectivity index (χ1n) is 6.59. The first-order chi connectivity index (χ1) is 10.6. The molecule has 3 nitrogen and oxygen atoms in total. The van der Waals surface area contributed by atoms with Crippen molar-refractivity contribution in [1.82, 2.24) is 9.55 Å². The summed E-state index contributed by atoms with van der Waals surface area (Å²) in [5, 5.41) is 0.999. The molecule has 0 spiro atoms. The van der Waals surface area contributed by atoms with Crippen molar-refractivity contribution in [2.24, 2.45) is 7.05 Å². The summed E-state index contributed by atoms with van der Waals surface area (Å²) in [4.78, 5) is 16.7. The molecule has 3 aromatic rings. The predicted octanol–water partition coefficient (Wildman–Crippen LogP) is 3.50. The fraction of sp³-hybridized carbons (Fsp3) is 0.125. The Balaban J connectivity index is 1.96. The Bertz CT molecular complexity index is 908. The normalized spacial score (nSPS) is 11.0. The van der Waals surface area contributed by atoms with Gasteiger partial charge in [-0.05, 0) is 30.3 Å². The molecule has 6 heteroatoms. The summed E-state index contributed by atoms with van der Waals surface area (Å²) in [5.74, 6) is -0.764. The third kappa shape index (κ3) is 2.74. The molecule has 0 radical (unpaired) electrons. The van der Waals surface area contributed by atoms with Gasteiger partial charge < -0.3 is 0 Å². The van der Waals surface area contributed by atoms with Gasteiger partial charge in [-0.1, -0.05) is 23.9 Å². The van der Waals surface area contributed by atoms with Crippen molar-refractivity contribution in [3.8, 4) is 0 Å². The Hall–Kier alpha value is -2.21. The molecule has 0 bridgehead atoms. The smallest absolute Gasteiger partial charge is 0.261 e. The lowest BCUT2D eigenvalue weighted by molar-refractivity contribution is 0.591. The second-order valence-electron chi connectivity index (χ2n) is 4.80. The van der Waals surface area contributed by atoms with E-state index < -0.39 is 11.6 Å². The van der Waals surface area contributed by atoms with Crippen molar-refractivity contribution in [3.63, 3.8) is 0 Å². The Morgan fingerprint density at radius 2 is 1.95 bits per heavy atom. The molecule has 0 amide bonds. The van der Waals surface area contributed by atoms with Gasteiger partial charge in [-0.3, -0.25) is 9.36 Å². The molecule has 0 aliphatic rings. The number of thioether (sulfide) groups is 1. The molecule has 0 saturated heterocycles. The van der Waals surface area contributed by atoms with Crippen LogP contribution in [0.25, 0.3) is 10.9 Å². The van der Waals surface area contributed by atoms with Crippen molar-refractivity contribution < 1.29 is 8.78 Å². The molecule has 1 heterocycles. The SMILES string of the molecule is Cn1c(SCc2cc(F)ccc2F)nc2ccccc2c1=O. The van der Waals surface area contributed by atoms with E-state index in [1.54, 1.807) is 31.3 Å². The lowest BCUT2D eigenvalue weighted by Gasteiger charge is -2.09. The predicted molar refractivity (Wildman–Crippen MR) is 82.9 cm³/mol. The van der Waals surface area contributed by atoms with Crippen molar-refractivity contribution >= 4 is 22.7 Å². The van der Waals surface area contributed by atoms with Gasteiger partial charge in [-0.25, -0.2) is 13.8 Å². The average Bonchev–Trinajstić information content (AvgIpc) is 2.52. The fourth-order valence-electron chi connectivity index (χ4n) is 2.12. The number of halogens is 2. The topological polar surface area (TPSA) is 34.9 Å². The van der Waals surface area contributed by atoms with Gasteiger partial charge in [0.1, 0.15) is 11.6 Å². The number of fused-ring (bicyclic) bond motifs is 1. The summed E-state index contributed by atoms with van der Waals surface area (Å²) in [6.07, 6.45) is 0. The van der Waals surface area contributed by atoms with E-state index in [-0.39, 0.29) is 16.9 Å². The maximum atomic E-state index is 13.6. The van der Waals surface area contributed by atoms with Crippen LogP contribution in [-0.4, -0.2) is 9.55 Å². The van der Waals surface area contributed by atoms with E-state index in [2.05, 4.69) is 4.98 Å². The number of hydrogen-bond acceptors (Lipinski definition) is 3. The zero-order valence-electron chi connectivity index (χ0n) is 11.7. The zero-order chi connectivity index (χ0) is 15.7. The lowest BCUT2D eigenvalue weighted by Crippen LogP contribution is -2.19. The number of rotatable bonds is 3. The number of para-hydroxylation sites is 1. The highest BCUT2D eigenvalue weighted by atomic mass is 32.2. The molecule has 0 N–H and O–H groups in total. The van der Waals surface area contributed by atoms with Crippen molar-refractivity contribution in [1.29, 1.82) is 0 Å². The van der Waals surface area contributed by atoms with Crippen LogP contribution in [-0.2, 0) is 12.8 Å². The number of nitrogens with zero attached hydrogens (tertiary/aromatic N) is 2. The van der Waals surface area contributed by atoms with E-state index in [1.807, 2.05) is 0 Å². The molecule has 2 aromatic carbocycles. The van der Waals surface area contributed by atoms with Crippen LogP contribution in [0.1, 0.15) is 5.56 Å². The van der Waals surface area contributed by atoms with Crippen LogP contribution < -0.4 is 5.56 Å². The van der Waals surface area contributed by atoms with Crippen LogP contribution in [0.2, 0.25) is 0 Å². The second kappa shape index (κ2) is 5.88. The molecule has 0 saturated carbocycles. The van der Waals surface area contributed by atoms with Crippen molar-refractivity contribution in [3.05, 3.63) is 70.0 Å². The second-order valence-corrected chi connectivity index (χ2v) is 5.74. The minimum atomic E-state index is -0.489. The van der Waals surface area contributed by atoms with Gasteiger partial charge in [-0.15, -0.1) is 0 Å². The van der Waals surface area contributed by atoms with Crippen LogP contribution in [0.3, 0.4) is 0 Å². The third-order valence-corrected chi connectivity index (χ3v) is 4.39. The maximum Gasteiger partial charge on any atom is 0.261 e. The molecule has 1 aromatic heterocycles. The highest BCUT2D eigenvalue weighted by molar-refractivity contribution is 7.98. The van der Waals surface area contributed by atoms with Gasteiger partial charge >= 0.3 is 0 Å². The van der Waals surface area contributed by atoms with Gasteiger partial charge in [0.25, 0.3) is 5.56 Å². The highest BCUT2D eigenvalue weighted by Gasteiger charge is 2.10. The summed E-state index contributed by atoms with van der Waals surface area (Å²) in [6, 6.07) is 10.4. The summed E-state index contributed by atoms with van der Waals surface area (Å²) >= 11 is 1.20. The lowest BCUT2D eigenvalue weighted by atomic mass is 10.2. The molecular weight excluding hydrogens is 306 g/mol. The third-order valence-electron chi connectivity index (χ3n) is 3.31. The van der Waals surface area contributed by atoms with Crippen LogP contribution in [0.15, 0.2) is 52.4 Å². The van der Waals surface area contributed by atoms with E-state index >= 15 is 0 Å². The largest absolute Gasteiger partial charge is 0.290 e. The Kier molecular flexibility index (Phi) is 3.94. The van der Waals surface area contributed by atoms with Gasteiger partial charge in [0, 0.05) is 18.4 Å². The highest BCUT2D eigenvalue weighted by Crippen LogP contribution is 2.23. The van der Waals surface area contributed by atoms with Crippen molar-refractivity contribution in [2.75, 3.05) is 0 Å². The fourth-order valence-corrected chi connectivity index (χ4v) is 3.07. The Morgan fingerprint density at radius 3 is 2.77 bits per heavy atom. The molecule has 3 rings (SSSR count). The van der Waals surface area contributed by atoms with E-state index in [9.17, 15) is 13.6 Å². The minimum absolute atomic E-state index is 0.159. The van der Waals surface area contributed by atoms with Gasteiger partial charge in [-0.2, -0.15) is 0 Å². The Labute approximate surface area is 129 Å². The molecule has 0 atom stereocenters. The minimum Gasteiger partial charge on any atom is -0.290 e. The van der Waals surface area contributed by atoms with E-state index in [4.69, 9.17) is 0 Å². The summed E-state index contributed by atoms with van der Waals surface area (Å²) in [5.41, 5.74) is 0.674. The molecule has 112 valence electrons. The van der Waals surface area contributed by atoms with E-state index in [0.29, 0.717) is 16.1 Å². The van der Waals surface area contributed by atoms with Crippen LogP contribution >= 0.6 is 11.8 Å². The summed E-state index contributed by atoms with van der Waals surface area (Å²) < 4.78 is 28.2. The van der Waals surface area contributed by atoms with Gasteiger partial charge in [0.15, 0.2) is 5.16 Å². The molecule has 0 unspecified atom stereocenters. The monoisotopic (exact) mass is 318 g/mol. The van der Waals surface area contributed by atoms with Crippen LogP contribution in [0.4, 0.5) is 8.78 Å². The molecular formula is C16H12F2N2OS. The first-order valence-corrected chi connectivity index (χ1v) is 7.57. The molecule has 0 fully saturated rings. The van der Waals surface area contributed by atoms with Crippen LogP contribution in [0.5, 0.6) is 0 Å². The molecule has 0 aliphatic heterocycles. The van der Waals surface area contributed by atoms with Gasteiger partial charge in [0.2, 0.25) is 0 Å². The van der Waals surface area contributed by atoms with Gasteiger partial charge in [0.05, 0.1) is 10.9 Å². The number of hydrogen-bond donors (Lipinski definition) is 0. The molecule has 22 heavy (non-hydrogen) atoms. The average molecular weight is 318 g/mol. The summed E-state index contributed by atoms with van der Waals surface area (Å²) in [6.45, 7) is 0. The summed E-state index contributed by atoms with van der Waals surface area (Å²) in [7, 11) is 1.62. The number of benzene rings is 2. The van der Waals surface area contributed by atoms with E-state index in [1.165, 1.54) is 16.3 Å². The van der Waals surface area contributed by atoms with Crippen LogP contribution in [0, 0.1) is 11.6 Å². The maximum absolute atomic E-state index is 13.6. The zero-order valence-corrected chi connectivity index (χ0v) is 12.5. The first kappa shape index (κ1) is 14.7. The number of aromatic nitrogens is 2. The quantitative estimate of drug-likeness (QED) is 0.547. The van der Waals surface area contributed by atoms with E-state index in [0.717, 1.165) is 18.2 Å². The van der Waals surface area contributed by atoms with Crippen molar-refractivity contribution in [2.45, 2.75) is 10.9 Å². The standard InChI is InChI=1S/C16H12F2N2OS/c1-20-15(21)12-4-2-3-5-14(12)19-16(20)22-9-10-8-11(17)6-7-13(10)18/h2-8H,9H2,1H3.